The van der Waals surface area contributed by atoms with E-state index in [1.807, 2.05) is 0 Å². The van der Waals surface area contributed by atoms with Gasteiger partial charge in [-0.05, 0) is 36.4 Å². The molecule has 0 radical (unpaired) electrons. The summed E-state index contributed by atoms with van der Waals surface area (Å²) in [6.07, 6.45) is 2.54. The molecule has 0 aliphatic heterocycles. The monoisotopic (exact) mass is 329 g/mol. The Kier molecular flexibility index (Phi) is 4.22. The molecule has 114 valence electrons. The third-order valence-electron chi connectivity index (χ3n) is 2.92. The zero-order chi connectivity index (χ0) is 15.7. The third-order valence-corrected chi connectivity index (χ3v) is 5.86. The van der Waals surface area contributed by atoms with Crippen LogP contribution in [-0.2, 0) is 26.4 Å². The van der Waals surface area contributed by atoms with Gasteiger partial charge in [-0.2, -0.15) is 4.31 Å². The molecule has 1 heterocycles. The molecular weight excluding hydrogens is 314 g/mol. The van der Waals surface area contributed by atoms with Crippen LogP contribution >= 0.6 is 0 Å². The number of hydrogen-bond acceptors (Lipinski definition) is 5. The molecule has 6 nitrogen and oxygen atoms in total. The second kappa shape index (κ2) is 5.63. The van der Waals surface area contributed by atoms with Crippen molar-refractivity contribution in [2.45, 2.75) is 16.3 Å². The molecule has 2 aromatic rings. The Morgan fingerprint density at radius 1 is 1.00 bits per heavy atom. The van der Waals surface area contributed by atoms with Crippen LogP contribution < -0.4 is 0 Å². The second-order valence-corrected chi connectivity index (χ2v) is 8.64. The smallest absolute Gasteiger partial charge is 0.243 e. The highest BCUT2D eigenvalue weighted by atomic mass is 32.2. The molecule has 0 N–H and O–H groups in total. The normalized spacial score (nSPS) is 12.7. The Balaban J connectivity index is 2.27. The summed E-state index contributed by atoms with van der Waals surface area (Å²) in [5.41, 5.74) is 0. The van der Waals surface area contributed by atoms with Gasteiger partial charge in [-0.3, -0.25) is 0 Å². The minimum Gasteiger partial charge on any atom is -0.468 e. The summed E-state index contributed by atoms with van der Waals surface area (Å²) < 4.78 is 53.7. The quantitative estimate of drug-likeness (QED) is 0.830. The highest BCUT2D eigenvalue weighted by Gasteiger charge is 2.22. The van der Waals surface area contributed by atoms with Crippen molar-refractivity contribution in [3.63, 3.8) is 0 Å². The van der Waals surface area contributed by atoms with Crippen LogP contribution in [0.2, 0.25) is 0 Å². The summed E-state index contributed by atoms with van der Waals surface area (Å²) in [7, 11) is -5.62. The van der Waals surface area contributed by atoms with Crippen molar-refractivity contribution < 1.29 is 21.3 Å². The van der Waals surface area contributed by atoms with Crippen LogP contribution in [0.15, 0.2) is 56.9 Å². The molecule has 8 heteroatoms. The molecule has 2 rings (SSSR count). The Morgan fingerprint density at radius 2 is 1.57 bits per heavy atom. The molecule has 1 aromatic heterocycles. The predicted octanol–water partition coefficient (Wildman–Crippen LogP) is 1.50. The van der Waals surface area contributed by atoms with E-state index in [2.05, 4.69) is 0 Å². The van der Waals surface area contributed by atoms with Crippen molar-refractivity contribution in [3.05, 3.63) is 48.4 Å². The minimum absolute atomic E-state index is 0.0314. The van der Waals surface area contributed by atoms with Crippen LogP contribution in [0.5, 0.6) is 0 Å². The van der Waals surface area contributed by atoms with Gasteiger partial charge >= 0.3 is 0 Å². The van der Waals surface area contributed by atoms with E-state index < -0.39 is 19.9 Å². The number of nitrogens with zero attached hydrogens (tertiary/aromatic N) is 1. The van der Waals surface area contributed by atoms with E-state index in [1.54, 1.807) is 12.1 Å². The molecule has 21 heavy (non-hydrogen) atoms. The molecule has 0 amide bonds. The first-order valence-electron chi connectivity index (χ1n) is 6.00. The van der Waals surface area contributed by atoms with Gasteiger partial charge in [-0.1, -0.05) is 0 Å². The van der Waals surface area contributed by atoms with E-state index in [1.165, 1.54) is 37.6 Å². The van der Waals surface area contributed by atoms with Crippen LogP contribution in [0, 0.1) is 0 Å². The molecule has 1 aromatic carbocycles. The van der Waals surface area contributed by atoms with Gasteiger partial charge in [0.2, 0.25) is 10.0 Å². The van der Waals surface area contributed by atoms with Gasteiger partial charge in [-0.15, -0.1) is 0 Å². The third kappa shape index (κ3) is 3.52. The highest BCUT2D eigenvalue weighted by molar-refractivity contribution is 7.90. The minimum atomic E-state index is -3.70. The fraction of sp³-hybridized carbons (Fsp3) is 0.231. The zero-order valence-electron chi connectivity index (χ0n) is 11.6. The average molecular weight is 329 g/mol. The van der Waals surface area contributed by atoms with Crippen molar-refractivity contribution in [1.29, 1.82) is 0 Å². The van der Waals surface area contributed by atoms with Gasteiger partial charge in [-0.25, -0.2) is 16.8 Å². The Bertz CT molecular complexity index is 806. The molecule has 0 aliphatic rings. The number of hydrogen-bond donors (Lipinski definition) is 0. The molecule has 0 fully saturated rings. The second-order valence-electron chi connectivity index (χ2n) is 4.58. The summed E-state index contributed by atoms with van der Waals surface area (Å²) in [4.78, 5) is 0.110. The molecule has 0 saturated heterocycles. The van der Waals surface area contributed by atoms with E-state index in [9.17, 15) is 16.8 Å². The van der Waals surface area contributed by atoms with E-state index >= 15 is 0 Å². The predicted molar refractivity (Wildman–Crippen MR) is 76.9 cm³/mol. The van der Waals surface area contributed by atoms with Crippen LogP contribution in [0.25, 0.3) is 0 Å². The number of furan rings is 1. The fourth-order valence-corrected chi connectivity index (χ4v) is 3.51. The van der Waals surface area contributed by atoms with Gasteiger partial charge < -0.3 is 4.42 Å². The van der Waals surface area contributed by atoms with Gasteiger partial charge in [0.25, 0.3) is 0 Å². The van der Waals surface area contributed by atoms with E-state index in [4.69, 9.17) is 4.42 Å². The van der Waals surface area contributed by atoms with Gasteiger partial charge in [0.15, 0.2) is 9.84 Å². The average Bonchev–Trinajstić information content (AvgIpc) is 2.90. The standard InChI is InChI=1S/C13H15NO5S2/c1-14(10-11-4-3-9-19-11)21(17,18)13-7-5-12(6-8-13)20(2,15)16/h3-9H,10H2,1-2H3. The fourth-order valence-electron chi connectivity index (χ4n) is 1.75. The van der Waals surface area contributed by atoms with E-state index in [0.29, 0.717) is 5.76 Å². The number of sulfone groups is 1. The lowest BCUT2D eigenvalue weighted by molar-refractivity contribution is 0.406. The maximum atomic E-state index is 12.4. The first kappa shape index (κ1) is 15.7. The van der Waals surface area contributed by atoms with E-state index in [-0.39, 0.29) is 16.3 Å². The van der Waals surface area contributed by atoms with Crippen LogP contribution in [0.1, 0.15) is 5.76 Å². The van der Waals surface area contributed by atoms with Gasteiger partial charge in [0.05, 0.1) is 22.6 Å². The van der Waals surface area contributed by atoms with Crippen molar-refractivity contribution in [1.82, 2.24) is 4.31 Å². The summed E-state index contributed by atoms with van der Waals surface area (Å²) in [6.45, 7) is 0.100. The molecular formula is C13H15NO5S2. The topological polar surface area (TPSA) is 84.7 Å². The maximum Gasteiger partial charge on any atom is 0.243 e. The zero-order valence-corrected chi connectivity index (χ0v) is 13.2. The van der Waals surface area contributed by atoms with Crippen molar-refractivity contribution in [2.75, 3.05) is 13.3 Å². The van der Waals surface area contributed by atoms with Crippen molar-refractivity contribution in [3.8, 4) is 0 Å². The van der Waals surface area contributed by atoms with Crippen LogP contribution in [-0.4, -0.2) is 34.4 Å². The molecule has 0 unspecified atom stereocenters. The summed E-state index contributed by atoms with van der Waals surface area (Å²) in [5, 5.41) is 0. The molecule has 0 bridgehead atoms. The molecule has 0 saturated carbocycles. The molecule has 0 spiro atoms. The Hall–Kier alpha value is -1.64. The summed E-state index contributed by atoms with van der Waals surface area (Å²) in [6, 6.07) is 8.48. The Labute approximate surface area is 124 Å². The lowest BCUT2D eigenvalue weighted by atomic mass is 10.4. The van der Waals surface area contributed by atoms with Gasteiger partial charge in [0.1, 0.15) is 5.76 Å². The van der Waals surface area contributed by atoms with Crippen molar-refractivity contribution >= 4 is 19.9 Å². The number of sulfonamides is 1. The van der Waals surface area contributed by atoms with Crippen LogP contribution in [0.4, 0.5) is 0 Å². The first-order chi connectivity index (χ1) is 9.71. The highest BCUT2D eigenvalue weighted by Crippen LogP contribution is 2.19. The first-order valence-corrected chi connectivity index (χ1v) is 9.33. The van der Waals surface area contributed by atoms with Crippen LogP contribution in [0.3, 0.4) is 0 Å². The van der Waals surface area contributed by atoms with E-state index in [0.717, 1.165) is 10.6 Å². The number of benzene rings is 1. The maximum absolute atomic E-state index is 12.4. The molecule has 0 atom stereocenters. The van der Waals surface area contributed by atoms with Crippen molar-refractivity contribution in [2.24, 2.45) is 0 Å². The molecule has 0 aliphatic carbocycles. The lowest BCUT2D eigenvalue weighted by Gasteiger charge is -2.16. The number of rotatable bonds is 5. The van der Waals surface area contributed by atoms with Gasteiger partial charge in [0, 0.05) is 13.3 Å². The largest absolute Gasteiger partial charge is 0.468 e. The summed E-state index contributed by atoms with van der Waals surface area (Å²) >= 11 is 0. The summed E-state index contributed by atoms with van der Waals surface area (Å²) in [5.74, 6) is 0.522. The SMILES string of the molecule is CN(Cc1ccco1)S(=O)(=O)c1ccc(S(C)(=O)=O)cc1. The Morgan fingerprint density at radius 3 is 2.05 bits per heavy atom. The lowest BCUT2D eigenvalue weighted by Crippen LogP contribution is -2.26.